The van der Waals surface area contributed by atoms with Crippen molar-refractivity contribution < 1.29 is 9.90 Å². The first-order valence-electron chi connectivity index (χ1n) is 5.94. The highest BCUT2D eigenvalue weighted by molar-refractivity contribution is 5.95. The highest BCUT2D eigenvalue weighted by Crippen LogP contribution is 2.19. The fourth-order valence-electron chi connectivity index (χ4n) is 1.97. The summed E-state index contributed by atoms with van der Waals surface area (Å²) in [5.41, 5.74) is 1.34. The molecule has 92 valence electrons. The smallest absolute Gasteiger partial charge is 0.254 e. The third-order valence-electron chi connectivity index (χ3n) is 3.26. The summed E-state index contributed by atoms with van der Waals surface area (Å²) in [6.45, 7) is 6.20. The zero-order valence-corrected chi connectivity index (χ0v) is 10.2. The first-order valence-corrected chi connectivity index (χ1v) is 5.94. The van der Waals surface area contributed by atoms with Crippen LogP contribution in [-0.4, -0.2) is 41.6 Å². The molecule has 2 rings (SSSR count). The number of hydrogen-bond donors (Lipinski definition) is 2. The highest BCUT2D eigenvalue weighted by atomic mass is 16.3. The van der Waals surface area contributed by atoms with Gasteiger partial charge in [0, 0.05) is 25.2 Å². The summed E-state index contributed by atoms with van der Waals surface area (Å²) in [7, 11) is 0. The average Bonchev–Trinajstić information content (AvgIpc) is 2.26. The summed E-state index contributed by atoms with van der Waals surface area (Å²) < 4.78 is 0. The molecule has 4 heteroatoms. The fourth-order valence-corrected chi connectivity index (χ4v) is 1.97. The van der Waals surface area contributed by atoms with Crippen LogP contribution < -0.4 is 5.32 Å². The van der Waals surface area contributed by atoms with Gasteiger partial charge >= 0.3 is 0 Å². The Morgan fingerprint density at radius 3 is 2.71 bits per heavy atom. The van der Waals surface area contributed by atoms with E-state index in [4.69, 9.17) is 0 Å². The Bertz CT molecular complexity index is 427. The Hall–Kier alpha value is -1.55. The number of phenols is 1. The molecular weight excluding hydrogens is 216 g/mol. The number of carbonyl (C=O) groups is 1. The van der Waals surface area contributed by atoms with Gasteiger partial charge in [0.15, 0.2) is 0 Å². The van der Waals surface area contributed by atoms with Gasteiger partial charge in [-0.2, -0.15) is 0 Å². The number of nitrogens with zero attached hydrogens (tertiary/aromatic N) is 1. The van der Waals surface area contributed by atoms with E-state index in [1.807, 2.05) is 18.7 Å². The zero-order valence-electron chi connectivity index (χ0n) is 10.2. The van der Waals surface area contributed by atoms with Gasteiger partial charge in [-0.15, -0.1) is 0 Å². The first kappa shape index (κ1) is 11.9. The van der Waals surface area contributed by atoms with Gasteiger partial charge < -0.3 is 15.3 Å². The van der Waals surface area contributed by atoms with Crippen molar-refractivity contribution in [3.63, 3.8) is 0 Å². The normalized spacial score (nSPS) is 15.4. The fraction of sp³-hybridized carbons (Fsp3) is 0.462. The van der Waals surface area contributed by atoms with Gasteiger partial charge in [0.2, 0.25) is 0 Å². The molecule has 0 aromatic heterocycles. The third kappa shape index (κ3) is 2.26. The lowest BCUT2D eigenvalue weighted by atomic mass is 10.1. The second-order valence-electron chi connectivity index (χ2n) is 4.40. The number of aromatic hydroxyl groups is 1. The maximum atomic E-state index is 12.3. The number of benzene rings is 1. The molecule has 1 aliphatic heterocycles. The number of nitrogens with one attached hydrogen (secondary N) is 1. The van der Waals surface area contributed by atoms with Crippen molar-refractivity contribution in [3.8, 4) is 5.75 Å². The molecule has 1 aromatic rings. The Kier molecular flexibility index (Phi) is 3.33. The lowest BCUT2D eigenvalue weighted by Gasteiger charge is -2.37. The molecule has 0 unspecified atom stereocenters. The second-order valence-corrected chi connectivity index (χ2v) is 4.40. The molecule has 1 aliphatic rings. The number of rotatable bonds is 3. The maximum absolute atomic E-state index is 12.3. The number of amides is 1. The molecule has 1 amide bonds. The average molecular weight is 234 g/mol. The molecule has 1 aromatic carbocycles. The summed E-state index contributed by atoms with van der Waals surface area (Å²) in [5, 5.41) is 12.8. The molecule has 2 N–H and O–H groups in total. The van der Waals surface area contributed by atoms with Gasteiger partial charge in [0.25, 0.3) is 5.91 Å². The van der Waals surface area contributed by atoms with E-state index in [1.54, 1.807) is 18.2 Å². The predicted octanol–water partition coefficient (Wildman–Crippen LogP) is 1.13. The molecule has 4 nitrogen and oxygen atoms in total. The summed E-state index contributed by atoms with van der Waals surface area (Å²) >= 11 is 0. The van der Waals surface area contributed by atoms with Crippen molar-refractivity contribution in [3.05, 3.63) is 29.3 Å². The second kappa shape index (κ2) is 4.75. The van der Waals surface area contributed by atoms with E-state index < -0.39 is 0 Å². The Balaban J connectivity index is 2.19. The monoisotopic (exact) mass is 234 g/mol. The molecule has 1 fully saturated rings. The molecule has 1 saturated heterocycles. The molecule has 0 bridgehead atoms. The minimum absolute atomic E-state index is 0.00528. The van der Waals surface area contributed by atoms with E-state index in [-0.39, 0.29) is 17.7 Å². The van der Waals surface area contributed by atoms with Crippen LogP contribution in [0.15, 0.2) is 18.2 Å². The van der Waals surface area contributed by atoms with E-state index in [0.717, 1.165) is 18.7 Å². The summed E-state index contributed by atoms with van der Waals surface area (Å²) in [6, 6.07) is 5.38. The van der Waals surface area contributed by atoms with Crippen LogP contribution in [0.5, 0.6) is 5.75 Å². The molecule has 0 radical (unpaired) electrons. The van der Waals surface area contributed by atoms with Gasteiger partial charge in [-0.1, -0.05) is 6.07 Å². The number of phenolic OH excluding ortho intramolecular Hbond substituents is 1. The Labute approximate surface area is 101 Å². The molecule has 0 saturated carbocycles. The SMILES string of the molecule is CCN(C(=O)c1ccc(C)c(O)c1)C1CNC1. The molecule has 0 aliphatic carbocycles. The third-order valence-corrected chi connectivity index (χ3v) is 3.26. The van der Waals surface area contributed by atoms with Crippen LogP contribution in [0.4, 0.5) is 0 Å². The van der Waals surface area contributed by atoms with E-state index in [1.165, 1.54) is 0 Å². The summed E-state index contributed by atoms with van der Waals surface area (Å²) in [4.78, 5) is 14.1. The van der Waals surface area contributed by atoms with E-state index in [2.05, 4.69) is 5.32 Å². The predicted molar refractivity (Wildman–Crippen MR) is 66.2 cm³/mol. The van der Waals surface area contributed by atoms with Crippen LogP contribution in [0.2, 0.25) is 0 Å². The minimum Gasteiger partial charge on any atom is -0.508 e. The first-order chi connectivity index (χ1) is 8.13. The van der Waals surface area contributed by atoms with Crippen molar-refractivity contribution in [1.29, 1.82) is 0 Å². The van der Waals surface area contributed by atoms with Crippen LogP contribution in [0.3, 0.4) is 0 Å². The van der Waals surface area contributed by atoms with Crippen molar-refractivity contribution in [2.24, 2.45) is 0 Å². The number of aryl methyl sites for hydroxylation is 1. The van der Waals surface area contributed by atoms with E-state index in [0.29, 0.717) is 12.1 Å². The van der Waals surface area contributed by atoms with Gasteiger partial charge in [-0.05, 0) is 31.5 Å². The van der Waals surface area contributed by atoms with Gasteiger partial charge in [0.05, 0.1) is 6.04 Å². The maximum Gasteiger partial charge on any atom is 0.254 e. The van der Waals surface area contributed by atoms with E-state index in [9.17, 15) is 9.90 Å². The summed E-state index contributed by atoms with van der Waals surface area (Å²) in [5.74, 6) is 0.174. The van der Waals surface area contributed by atoms with Crippen LogP contribution in [-0.2, 0) is 0 Å². The van der Waals surface area contributed by atoms with Crippen LogP contribution in [0.1, 0.15) is 22.8 Å². The number of hydrogen-bond acceptors (Lipinski definition) is 3. The molecule has 17 heavy (non-hydrogen) atoms. The van der Waals surface area contributed by atoms with Gasteiger partial charge in [0.1, 0.15) is 5.75 Å². The lowest BCUT2D eigenvalue weighted by molar-refractivity contribution is 0.0630. The highest BCUT2D eigenvalue weighted by Gasteiger charge is 2.28. The quantitative estimate of drug-likeness (QED) is 0.824. The van der Waals surface area contributed by atoms with Gasteiger partial charge in [-0.3, -0.25) is 4.79 Å². The number of likely N-dealkylation sites (N-methyl/N-ethyl adjacent to an activating group) is 1. The Morgan fingerprint density at radius 2 is 2.24 bits per heavy atom. The molecule has 0 spiro atoms. The van der Waals surface area contributed by atoms with Crippen LogP contribution >= 0.6 is 0 Å². The number of carbonyl (C=O) groups excluding carboxylic acids is 1. The van der Waals surface area contributed by atoms with Gasteiger partial charge in [-0.25, -0.2) is 0 Å². The molecular formula is C13H18N2O2. The topological polar surface area (TPSA) is 52.6 Å². The van der Waals surface area contributed by atoms with Crippen molar-refractivity contribution in [1.82, 2.24) is 10.2 Å². The van der Waals surface area contributed by atoms with Crippen molar-refractivity contribution in [2.45, 2.75) is 19.9 Å². The van der Waals surface area contributed by atoms with Crippen molar-refractivity contribution in [2.75, 3.05) is 19.6 Å². The lowest BCUT2D eigenvalue weighted by Crippen LogP contribution is -2.58. The largest absolute Gasteiger partial charge is 0.508 e. The molecule has 1 heterocycles. The van der Waals surface area contributed by atoms with E-state index >= 15 is 0 Å². The standard InChI is InChI=1S/C13H18N2O2/c1-3-15(11-7-14-8-11)13(17)10-5-4-9(2)12(16)6-10/h4-6,11,14,16H,3,7-8H2,1-2H3. The summed E-state index contributed by atoms with van der Waals surface area (Å²) in [6.07, 6.45) is 0. The van der Waals surface area contributed by atoms with Crippen molar-refractivity contribution >= 4 is 5.91 Å². The Morgan fingerprint density at radius 1 is 1.53 bits per heavy atom. The molecule has 0 atom stereocenters. The van der Waals surface area contributed by atoms with Crippen LogP contribution in [0, 0.1) is 6.92 Å². The zero-order chi connectivity index (χ0) is 12.4. The van der Waals surface area contributed by atoms with Crippen LogP contribution in [0.25, 0.3) is 0 Å². The minimum atomic E-state index is -0.00528.